The standard InChI is InChI=1S/C9H9F2N5O/c1-4-14-7(16-17-4)3-13-9-6(11)2-5(10)8(12)15-9/h2H,3H2,1H3,(H3,12,13,15). The maximum atomic E-state index is 13.3. The second kappa shape index (κ2) is 4.32. The number of hydrogen-bond donors (Lipinski definition) is 2. The molecule has 0 atom stereocenters. The summed E-state index contributed by atoms with van der Waals surface area (Å²) in [6.07, 6.45) is 0. The number of pyridine rings is 1. The molecule has 8 heteroatoms. The maximum Gasteiger partial charge on any atom is 0.223 e. The minimum atomic E-state index is -0.900. The van der Waals surface area contributed by atoms with E-state index in [-0.39, 0.29) is 18.2 Å². The fourth-order valence-electron chi connectivity index (χ4n) is 1.18. The van der Waals surface area contributed by atoms with E-state index in [1.54, 1.807) is 6.92 Å². The molecule has 2 rings (SSSR count). The van der Waals surface area contributed by atoms with Crippen molar-refractivity contribution in [1.29, 1.82) is 0 Å². The second-order valence-electron chi connectivity index (χ2n) is 3.27. The number of rotatable bonds is 3. The molecule has 0 aliphatic heterocycles. The molecule has 0 radical (unpaired) electrons. The van der Waals surface area contributed by atoms with Gasteiger partial charge in [-0.3, -0.25) is 0 Å². The number of nitrogens with zero attached hydrogens (tertiary/aromatic N) is 3. The molecule has 0 aliphatic carbocycles. The molecule has 0 spiro atoms. The Hall–Kier alpha value is -2.25. The van der Waals surface area contributed by atoms with Gasteiger partial charge in [-0.2, -0.15) is 4.98 Å². The van der Waals surface area contributed by atoms with Crippen molar-refractivity contribution in [1.82, 2.24) is 15.1 Å². The lowest BCUT2D eigenvalue weighted by atomic mass is 10.4. The van der Waals surface area contributed by atoms with Gasteiger partial charge in [0.25, 0.3) is 0 Å². The van der Waals surface area contributed by atoms with Crippen molar-refractivity contribution >= 4 is 11.6 Å². The number of halogens is 2. The summed E-state index contributed by atoms with van der Waals surface area (Å²) in [7, 11) is 0. The van der Waals surface area contributed by atoms with Crippen LogP contribution >= 0.6 is 0 Å². The minimum Gasteiger partial charge on any atom is -0.381 e. The molecule has 0 aromatic carbocycles. The van der Waals surface area contributed by atoms with Crippen molar-refractivity contribution in [2.45, 2.75) is 13.5 Å². The third-order valence-corrected chi connectivity index (χ3v) is 1.94. The molecule has 3 N–H and O–H groups in total. The first-order valence-electron chi connectivity index (χ1n) is 4.71. The summed E-state index contributed by atoms with van der Waals surface area (Å²) >= 11 is 0. The highest BCUT2D eigenvalue weighted by Gasteiger charge is 2.10. The zero-order valence-corrected chi connectivity index (χ0v) is 8.87. The molecule has 0 fully saturated rings. The smallest absolute Gasteiger partial charge is 0.223 e. The van der Waals surface area contributed by atoms with E-state index in [9.17, 15) is 8.78 Å². The molecule has 0 aliphatic rings. The Balaban J connectivity index is 2.11. The van der Waals surface area contributed by atoms with Gasteiger partial charge in [0.1, 0.15) is 0 Å². The van der Waals surface area contributed by atoms with Crippen LogP contribution in [0, 0.1) is 18.6 Å². The summed E-state index contributed by atoms with van der Waals surface area (Å²) in [6.45, 7) is 1.73. The van der Waals surface area contributed by atoms with Crippen molar-refractivity contribution in [3.05, 3.63) is 29.4 Å². The lowest BCUT2D eigenvalue weighted by Gasteiger charge is -2.05. The van der Waals surface area contributed by atoms with E-state index in [0.29, 0.717) is 17.8 Å². The molecule has 17 heavy (non-hydrogen) atoms. The summed E-state index contributed by atoms with van der Waals surface area (Å²) in [6, 6.07) is 0.659. The van der Waals surface area contributed by atoms with Gasteiger partial charge in [0, 0.05) is 13.0 Å². The van der Waals surface area contributed by atoms with Crippen LogP contribution in [-0.4, -0.2) is 15.1 Å². The second-order valence-corrected chi connectivity index (χ2v) is 3.27. The Bertz CT molecular complexity index is 542. The van der Waals surface area contributed by atoms with E-state index in [1.807, 2.05) is 0 Å². The molecular weight excluding hydrogens is 232 g/mol. The predicted octanol–water partition coefficient (Wildman–Crippen LogP) is 1.25. The van der Waals surface area contributed by atoms with Crippen LogP contribution in [-0.2, 0) is 6.54 Å². The third kappa shape index (κ3) is 2.47. The van der Waals surface area contributed by atoms with Gasteiger partial charge in [0.15, 0.2) is 29.1 Å². The van der Waals surface area contributed by atoms with Gasteiger partial charge < -0.3 is 15.6 Å². The molecule has 2 aromatic heterocycles. The van der Waals surface area contributed by atoms with Gasteiger partial charge in [0.05, 0.1) is 6.54 Å². The molecule has 6 nitrogen and oxygen atoms in total. The Morgan fingerprint density at radius 3 is 2.76 bits per heavy atom. The summed E-state index contributed by atoms with van der Waals surface area (Å²) < 4.78 is 30.8. The van der Waals surface area contributed by atoms with Gasteiger partial charge in [-0.1, -0.05) is 5.16 Å². The Morgan fingerprint density at radius 1 is 1.35 bits per heavy atom. The van der Waals surface area contributed by atoms with Gasteiger partial charge in [-0.05, 0) is 0 Å². The molecule has 90 valence electrons. The summed E-state index contributed by atoms with van der Waals surface area (Å²) in [5, 5.41) is 6.19. The van der Waals surface area contributed by atoms with E-state index in [0.717, 1.165) is 0 Å². The van der Waals surface area contributed by atoms with Crippen molar-refractivity contribution in [2.24, 2.45) is 0 Å². The Labute approximate surface area is 94.8 Å². The highest BCUT2D eigenvalue weighted by molar-refractivity contribution is 5.44. The highest BCUT2D eigenvalue weighted by Crippen LogP contribution is 2.16. The average Bonchev–Trinajstić information content (AvgIpc) is 2.68. The van der Waals surface area contributed by atoms with Crippen LogP contribution < -0.4 is 11.1 Å². The summed E-state index contributed by atoms with van der Waals surface area (Å²) in [4.78, 5) is 7.42. The largest absolute Gasteiger partial charge is 0.381 e. The van der Waals surface area contributed by atoms with E-state index in [1.165, 1.54) is 0 Å². The average molecular weight is 241 g/mol. The van der Waals surface area contributed by atoms with Crippen molar-refractivity contribution in [2.75, 3.05) is 11.1 Å². The van der Waals surface area contributed by atoms with E-state index < -0.39 is 11.6 Å². The molecule has 0 saturated carbocycles. The first-order chi connectivity index (χ1) is 8.06. The number of nitrogens with one attached hydrogen (secondary N) is 1. The molecule has 0 bridgehead atoms. The van der Waals surface area contributed by atoms with Crippen LogP contribution in [0.5, 0.6) is 0 Å². The summed E-state index contributed by atoms with van der Waals surface area (Å²) in [5.74, 6) is -1.54. The first kappa shape index (κ1) is 11.2. The van der Waals surface area contributed by atoms with Crippen LogP contribution in [0.4, 0.5) is 20.4 Å². The monoisotopic (exact) mass is 241 g/mol. The fraction of sp³-hybridized carbons (Fsp3) is 0.222. The number of nitrogen functional groups attached to an aromatic ring is 1. The normalized spacial score (nSPS) is 10.5. The first-order valence-corrected chi connectivity index (χ1v) is 4.71. The highest BCUT2D eigenvalue weighted by atomic mass is 19.1. The topological polar surface area (TPSA) is 89.9 Å². The predicted molar refractivity (Wildman–Crippen MR) is 54.9 cm³/mol. The number of aryl methyl sites for hydroxylation is 1. The van der Waals surface area contributed by atoms with Crippen LogP contribution in [0.15, 0.2) is 10.6 Å². The van der Waals surface area contributed by atoms with Gasteiger partial charge in [-0.15, -0.1) is 0 Å². The summed E-state index contributed by atoms with van der Waals surface area (Å²) in [5.41, 5.74) is 5.22. The molecular formula is C9H9F2N5O. The lowest BCUT2D eigenvalue weighted by molar-refractivity contribution is 0.388. The van der Waals surface area contributed by atoms with Crippen LogP contribution in [0.1, 0.15) is 11.7 Å². The van der Waals surface area contributed by atoms with Gasteiger partial charge in [0.2, 0.25) is 5.89 Å². The van der Waals surface area contributed by atoms with Crippen molar-refractivity contribution < 1.29 is 13.3 Å². The minimum absolute atomic E-state index is 0.104. The zero-order valence-electron chi connectivity index (χ0n) is 8.87. The van der Waals surface area contributed by atoms with Crippen LogP contribution in [0.25, 0.3) is 0 Å². The number of aromatic nitrogens is 3. The lowest BCUT2D eigenvalue weighted by Crippen LogP contribution is -2.07. The number of anilines is 2. The molecule has 2 aromatic rings. The number of nitrogens with two attached hydrogens (primary N) is 1. The van der Waals surface area contributed by atoms with Crippen molar-refractivity contribution in [3.8, 4) is 0 Å². The Morgan fingerprint density at radius 2 is 2.12 bits per heavy atom. The van der Waals surface area contributed by atoms with Crippen molar-refractivity contribution in [3.63, 3.8) is 0 Å². The third-order valence-electron chi connectivity index (χ3n) is 1.94. The molecule has 0 amide bonds. The Kier molecular flexibility index (Phi) is 2.86. The van der Waals surface area contributed by atoms with E-state index in [4.69, 9.17) is 10.3 Å². The maximum absolute atomic E-state index is 13.3. The van der Waals surface area contributed by atoms with Crippen LogP contribution in [0.3, 0.4) is 0 Å². The molecule has 0 unspecified atom stereocenters. The van der Waals surface area contributed by atoms with Gasteiger partial charge >= 0.3 is 0 Å². The van der Waals surface area contributed by atoms with Gasteiger partial charge in [-0.25, -0.2) is 13.8 Å². The SMILES string of the molecule is Cc1nc(CNc2nc(N)c(F)cc2F)no1. The van der Waals surface area contributed by atoms with Crippen LogP contribution in [0.2, 0.25) is 0 Å². The van der Waals surface area contributed by atoms with E-state index >= 15 is 0 Å². The molecule has 0 saturated heterocycles. The zero-order chi connectivity index (χ0) is 12.4. The van der Waals surface area contributed by atoms with E-state index in [2.05, 4.69) is 20.4 Å². The molecule has 2 heterocycles. The quantitative estimate of drug-likeness (QED) is 0.840. The fourth-order valence-corrected chi connectivity index (χ4v) is 1.18. The number of hydrogen-bond acceptors (Lipinski definition) is 6.